The fourth-order valence-electron chi connectivity index (χ4n) is 1.76. The van der Waals surface area contributed by atoms with Gasteiger partial charge >= 0.3 is 12.0 Å². The van der Waals surface area contributed by atoms with E-state index in [1.807, 2.05) is 7.05 Å². The molecule has 1 aromatic rings. The van der Waals surface area contributed by atoms with Crippen LogP contribution >= 0.6 is 0 Å². The van der Waals surface area contributed by atoms with Crippen molar-refractivity contribution in [1.29, 1.82) is 0 Å². The highest BCUT2D eigenvalue weighted by molar-refractivity contribution is 5.87. The lowest BCUT2D eigenvalue weighted by molar-refractivity contribution is 0.0697. The molecule has 0 bridgehead atoms. The third-order valence-corrected chi connectivity index (χ3v) is 2.97. The lowest BCUT2D eigenvalue weighted by Crippen LogP contribution is -2.41. The first-order valence-corrected chi connectivity index (χ1v) is 6.38. The second-order valence-electron chi connectivity index (χ2n) is 4.67. The van der Waals surface area contributed by atoms with E-state index in [4.69, 9.17) is 5.11 Å². The van der Waals surface area contributed by atoms with Crippen LogP contribution in [0.3, 0.4) is 0 Å². The van der Waals surface area contributed by atoms with E-state index in [0.29, 0.717) is 13.1 Å². The van der Waals surface area contributed by atoms with Crippen molar-refractivity contribution in [3.63, 3.8) is 0 Å². The van der Waals surface area contributed by atoms with Crippen LogP contribution in [0.15, 0.2) is 24.3 Å². The number of nitrogens with one attached hydrogen (secondary N) is 1. The minimum atomic E-state index is -0.951. The van der Waals surface area contributed by atoms with Gasteiger partial charge in [-0.2, -0.15) is 0 Å². The quantitative estimate of drug-likeness (QED) is 0.817. The maximum absolute atomic E-state index is 12.1. The number of hydrogen-bond acceptors (Lipinski definition) is 3. The number of amides is 2. The predicted molar refractivity (Wildman–Crippen MR) is 76.8 cm³/mol. The van der Waals surface area contributed by atoms with Crippen molar-refractivity contribution in [2.75, 3.05) is 34.2 Å². The van der Waals surface area contributed by atoms with Gasteiger partial charge in [-0.1, -0.05) is 12.1 Å². The molecule has 0 aromatic heterocycles. The van der Waals surface area contributed by atoms with Crippen molar-refractivity contribution < 1.29 is 14.7 Å². The van der Waals surface area contributed by atoms with Gasteiger partial charge in [0.05, 0.1) is 5.56 Å². The molecule has 0 saturated heterocycles. The van der Waals surface area contributed by atoms with Crippen LogP contribution in [0.1, 0.15) is 15.9 Å². The van der Waals surface area contributed by atoms with Crippen LogP contribution in [0.5, 0.6) is 0 Å². The number of likely N-dealkylation sites (N-methyl/N-ethyl adjacent to an activating group) is 2. The van der Waals surface area contributed by atoms with Crippen LogP contribution in [0.2, 0.25) is 0 Å². The second kappa shape index (κ2) is 7.49. The van der Waals surface area contributed by atoms with Crippen LogP contribution in [0.4, 0.5) is 4.79 Å². The summed E-state index contributed by atoms with van der Waals surface area (Å²) < 4.78 is 0. The molecule has 1 rings (SSSR count). The van der Waals surface area contributed by atoms with Crippen molar-refractivity contribution in [3.8, 4) is 0 Å². The van der Waals surface area contributed by atoms with E-state index in [1.54, 1.807) is 48.2 Å². The topological polar surface area (TPSA) is 72.9 Å². The highest BCUT2D eigenvalue weighted by Gasteiger charge is 2.14. The highest BCUT2D eigenvalue weighted by atomic mass is 16.4. The number of aromatic carboxylic acids is 1. The zero-order chi connectivity index (χ0) is 15.1. The summed E-state index contributed by atoms with van der Waals surface area (Å²) in [7, 11) is 5.32. The predicted octanol–water partition coefficient (Wildman–Crippen LogP) is 1.09. The molecule has 0 unspecified atom stereocenters. The molecule has 0 saturated carbocycles. The first kappa shape index (κ1) is 16.0. The maximum Gasteiger partial charge on any atom is 0.335 e. The molecular weight excluding hydrogens is 258 g/mol. The SMILES string of the molecule is CNCCN(C)C(=O)N(C)Cc1ccc(C(=O)O)cc1. The van der Waals surface area contributed by atoms with Crippen LogP contribution < -0.4 is 5.32 Å². The van der Waals surface area contributed by atoms with Gasteiger partial charge in [-0.25, -0.2) is 9.59 Å². The molecular formula is C14H21N3O3. The first-order valence-electron chi connectivity index (χ1n) is 6.38. The summed E-state index contributed by atoms with van der Waals surface area (Å²) in [5.74, 6) is -0.951. The molecule has 1 aromatic carbocycles. The molecule has 2 amide bonds. The number of hydrogen-bond donors (Lipinski definition) is 2. The van der Waals surface area contributed by atoms with Crippen molar-refractivity contribution in [3.05, 3.63) is 35.4 Å². The Morgan fingerprint density at radius 1 is 1.15 bits per heavy atom. The normalized spacial score (nSPS) is 10.2. The van der Waals surface area contributed by atoms with Gasteiger partial charge in [0, 0.05) is 33.7 Å². The molecule has 6 nitrogen and oxygen atoms in total. The van der Waals surface area contributed by atoms with Gasteiger partial charge in [0.25, 0.3) is 0 Å². The van der Waals surface area contributed by atoms with Gasteiger partial charge in [0.1, 0.15) is 0 Å². The number of rotatable bonds is 6. The van der Waals surface area contributed by atoms with Gasteiger partial charge in [0.2, 0.25) is 0 Å². The molecule has 6 heteroatoms. The summed E-state index contributed by atoms with van der Waals surface area (Å²) in [6, 6.07) is 6.46. The van der Waals surface area contributed by atoms with E-state index < -0.39 is 5.97 Å². The Labute approximate surface area is 119 Å². The number of carbonyl (C=O) groups is 2. The Morgan fingerprint density at radius 2 is 1.75 bits per heavy atom. The van der Waals surface area contributed by atoms with Crippen molar-refractivity contribution in [2.24, 2.45) is 0 Å². The van der Waals surface area contributed by atoms with Crippen LogP contribution in [-0.2, 0) is 6.54 Å². The van der Waals surface area contributed by atoms with Crippen LogP contribution in [0.25, 0.3) is 0 Å². The van der Waals surface area contributed by atoms with Gasteiger partial charge in [-0.3, -0.25) is 0 Å². The molecule has 0 heterocycles. The average molecular weight is 279 g/mol. The minimum Gasteiger partial charge on any atom is -0.478 e. The molecule has 110 valence electrons. The van der Waals surface area contributed by atoms with E-state index in [0.717, 1.165) is 12.1 Å². The Hall–Kier alpha value is -2.08. The molecule has 0 aliphatic rings. The lowest BCUT2D eigenvalue weighted by Gasteiger charge is -2.25. The second-order valence-corrected chi connectivity index (χ2v) is 4.67. The number of carboxylic acids is 1. The lowest BCUT2D eigenvalue weighted by atomic mass is 10.1. The van der Waals surface area contributed by atoms with Gasteiger partial charge in [-0.15, -0.1) is 0 Å². The third kappa shape index (κ3) is 4.55. The monoisotopic (exact) mass is 279 g/mol. The van der Waals surface area contributed by atoms with Gasteiger partial charge in [-0.05, 0) is 24.7 Å². The average Bonchev–Trinajstić information content (AvgIpc) is 2.44. The van der Waals surface area contributed by atoms with E-state index in [9.17, 15) is 9.59 Å². The summed E-state index contributed by atoms with van der Waals surface area (Å²) in [6.45, 7) is 1.82. The first-order chi connectivity index (χ1) is 9.45. The summed E-state index contributed by atoms with van der Waals surface area (Å²) in [5, 5.41) is 11.8. The molecule has 0 aliphatic carbocycles. The van der Waals surface area contributed by atoms with Crippen LogP contribution in [0, 0.1) is 0 Å². The zero-order valence-corrected chi connectivity index (χ0v) is 12.1. The smallest absolute Gasteiger partial charge is 0.335 e. The fourth-order valence-corrected chi connectivity index (χ4v) is 1.76. The van der Waals surface area contributed by atoms with Crippen molar-refractivity contribution in [2.45, 2.75) is 6.54 Å². The molecule has 20 heavy (non-hydrogen) atoms. The fraction of sp³-hybridized carbons (Fsp3) is 0.429. The van der Waals surface area contributed by atoms with E-state index in [1.165, 1.54) is 0 Å². The van der Waals surface area contributed by atoms with Gasteiger partial charge < -0.3 is 20.2 Å². The largest absolute Gasteiger partial charge is 0.478 e. The molecule has 2 N–H and O–H groups in total. The Morgan fingerprint density at radius 3 is 2.25 bits per heavy atom. The third-order valence-electron chi connectivity index (χ3n) is 2.97. The number of nitrogens with zero attached hydrogens (tertiary/aromatic N) is 2. The molecule has 0 radical (unpaired) electrons. The van der Waals surface area contributed by atoms with E-state index >= 15 is 0 Å². The molecule has 0 atom stereocenters. The summed E-state index contributed by atoms with van der Waals surface area (Å²) in [6.07, 6.45) is 0. The standard InChI is InChI=1S/C14H21N3O3/c1-15-8-9-16(2)14(20)17(3)10-11-4-6-12(7-5-11)13(18)19/h4-7,15H,8-10H2,1-3H3,(H,18,19). The molecule has 0 fully saturated rings. The van der Waals surface area contributed by atoms with E-state index in [-0.39, 0.29) is 11.6 Å². The van der Waals surface area contributed by atoms with Crippen molar-refractivity contribution in [1.82, 2.24) is 15.1 Å². The molecule has 0 spiro atoms. The maximum atomic E-state index is 12.1. The minimum absolute atomic E-state index is 0.0671. The Balaban J connectivity index is 2.58. The zero-order valence-electron chi connectivity index (χ0n) is 12.1. The Bertz CT molecular complexity index is 459. The van der Waals surface area contributed by atoms with Gasteiger partial charge in [0.15, 0.2) is 0 Å². The Kier molecular flexibility index (Phi) is 5.99. The summed E-state index contributed by atoms with van der Waals surface area (Å²) in [4.78, 5) is 26.1. The number of carboxylic acid groups (broad SMARTS) is 1. The van der Waals surface area contributed by atoms with Crippen molar-refractivity contribution >= 4 is 12.0 Å². The summed E-state index contributed by atoms with van der Waals surface area (Å²) >= 11 is 0. The number of benzene rings is 1. The number of carbonyl (C=O) groups excluding carboxylic acids is 1. The number of urea groups is 1. The molecule has 0 aliphatic heterocycles. The highest BCUT2D eigenvalue weighted by Crippen LogP contribution is 2.08. The van der Waals surface area contributed by atoms with E-state index in [2.05, 4.69) is 5.32 Å². The summed E-state index contributed by atoms with van der Waals surface area (Å²) in [5.41, 5.74) is 1.14. The van der Waals surface area contributed by atoms with Crippen LogP contribution in [-0.4, -0.2) is 61.1 Å².